The first kappa shape index (κ1) is 20.1. The molecule has 0 aliphatic carbocycles. The van der Waals surface area contributed by atoms with E-state index in [9.17, 15) is 0 Å². The smallest absolute Gasteiger partial charge is 0.246 e. The van der Waals surface area contributed by atoms with Gasteiger partial charge >= 0.3 is 0 Å². The van der Waals surface area contributed by atoms with Crippen LogP contribution in [-0.2, 0) is 11.3 Å². The molecular weight excluding hydrogens is 385 g/mol. The van der Waals surface area contributed by atoms with Crippen LogP contribution < -0.4 is 10.6 Å². The minimum absolute atomic E-state index is 0. The van der Waals surface area contributed by atoms with E-state index in [1.165, 1.54) is 0 Å². The summed E-state index contributed by atoms with van der Waals surface area (Å²) in [6.45, 7) is 10.0. The van der Waals surface area contributed by atoms with Crippen LogP contribution in [0.3, 0.4) is 0 Å². The number of nitrogens with one attached hydrogen (secondary N) is 2. The van der Waals surface area contributed by atoms with E-state index >= 15 is 0 Å². The molecule has 0 aromatic carbocycles. The Morgan fingerprint density at radius 1 is 1.33 bits per heavy atom. The second-order valence-corrected chi connectivity index (χ2v) is 4.84. The van der Waals surface area contributed by atoms with Gasteiger partial charge < -0.3 is 19.9 Å². The van der Waals surface area contributed by atoms with E-state index in [0.29, 0.717) is 30.8 Å². The van der Waals surface area contributed by atoms with Crippen molar-refractivity contribution in [3.63, 3.8) is 0 Å². The molecule has 8 heteroatoms. The number of hydrogen-bond acceptors (Lipinski definition) is 5. The van der Waals surface area contributed by atoms with Gasteiger partial charge in [-0.05, 0) is 19.8 Å². The Morgan fingerprint density at radius 2 is 2.05 bits per heavy atom. The molecule has 1 aromatic rings. The second kappa shape index (κ2) is 10.8. The van der Waals surface area contributed by atoms with Gasteiger partial charge in [-0.1, -0.05) is 19.0 Å². The van der Waals surface area contributed by atoms with Crippen LogP contribution in [0.4, 0.5) is 0 Å². The summed E-state index contributed by atoms with van der Waals surface area (Å²) >= 11 is 0. The lowest BCUT2D eigenvalue weighted by Gasteiger charge is -2.11. The molecule has 0 bridgehead atoms. The van der Waals surface area contributed by atoms with Crippen LogP contribution in [0.25, 0.3) is 0 Å². The van der Waals surface area contributed by atoms with Crippen molar-refractivity contribution in [1.29, 1.82) is 0 Å². The normalized spacial score (nSPS) is 13.0. The van der Waals surface area contributed by atoms with Crippen LogP contribution in [0.15, 0.2) is 9.52 Å². The predicted molar refractivity (Wildman–Crippen MR) is 92.8 cm³/mol. The molecule has 0 saturated heterocycles. The Balaban J connectivity index is 0.00000400. The molecule has 1 rings (SSSR count). The lowest BCUT2D eigenvalue weighted by atomic mass is 10.2. The average Bonchev–Trinajstić information content (AvgIpc) is 2.88. The second-order valence-electron chi connectivity index (χ2n) is 4.84. The number of aliphatic imine (C=N–C) groups is 1. The first-order valence-electron chi connectivity index (χ1n) is 6.95. The van der Waals surface area contributed by atoms with Crippen LogP contribution in [0.2, 0.25) is 0 Å². The van der Waals surface area contributed by atoms with E-state index < -0.39 is 0 Å². The minimum Gasteiger partial charge on any atom is -0.371 e. The van der Waals surface area contributed by atoms with E-state index in [2.05, 4.69) is 39.6 Å². The zero-order valence-corrected chi connectivity index (χ0v) is 15.7. The summed E-state index contributed by atoms with van der Waals surface area (Å²) in [6, 6.07) is 0. The first-order chi connectivity index (χ1) is 9.56. The molecule has 0 saturated carbocycles. The molecule has 2 N–H and O–H groups in total. The standard InChI is InChI=1S/C13H25N5O2.HI/c1-6-19-10(4)12-17-11(20-18-12)8-16-13(14-5)15-7-9(2)3;/h9-10H,6-8H2,1-5H3,(H2,14,15,16);1H. The topological polar surface area (TPSA) is 84.6 Å². The Bertz CT molecular complexity index is 422. The Hall–Kier alpha value is -0.900. The van der Waals surface area contributed by atoms with Crippen LogP contribution in [0.1, 0.15) is 45.5 Å². The Morgan fingerprint density at radius 3 is 2.62 bits per heavy atom. The molecule has 0 aliphatic rings. The summed E-state index contributed by atoms with van der Waals surface area (Å²) in [7, 11) is 1.73. The molecule has 0 fully saturated rings. The third kappa shape index (κ3) is 7.60. The summed E-state index contributed by atoms with van der Waals surface area (Å²) in [5.41, 5.74) is 0. The SMILES string of the molecule is CCOC(C)c1noc(CNC(=NC)NCC(C)C)n1.I. The van der Waals surface area contributed by atoms with Gasteiger partial charge in [0.2, 0.25) is 5.89 Å². The van der Waals surface area contributed by atoms with Crippen LogP contribution >= 0.6 is 24.0 Å². The monoisotopic (exact) mass is 411 g/mol. The van der Waals surface area contributed by atoms with E-state index in [-0.39, 0.29) is 30.1 Å². The van der Waals surface area contributed by atoms with E-state index in [1.807, 2.05) is 13.8 Å². The van der Waals surface area contributed by atoms with E-state index in [4.69, 9.17) is 9.26 Å². The van der Waals surface area contributed by atoms with Crippen molar-refractivity contribution in [3.8, 4) is 0 Å². The summed E-state index contributed by atoms with van der Waals surface area (Å²) in [6.07, 6.45) is -0.157. The number of guanidine groups is 1. The summed E-state index contributed by atoms with van der Waals surface area (Å²) < 4.78 is 10.6. The highest BCUT2D eigenvalue weighted by atomic mass is 127. The maximum absolute atomic E-state index is 5.41. The highest BCUT2D eigenvalue weighted by Gasteiger charge is 2.13. The third-order valence-electron chi connectivity index (χ3n) is 2.57. The molecule has 122 valence electrons. The van der Waals surface area contributed by atoms with Crippen molar-refractivity contribution < 1.29 is 9.26 Å². The van der Waals surface area contributed by atoms with Crippen molar-refractivity contribution in [1.82, 2.24) is 20.8 Å². The molecule has 0 amide bonds. The molecule has 1 heterocycles. The van der Waals surface area contributed by atoms with Gasteiger partial charge in [-0.3, -0.25) is 4.99 Å². The third-order valence-corrected chi connectivity index (χ3v) is 2.57. The fraction of sp³-hybridized carbons (Fsp3) is 0.769. The fourth-order valence-electron chi connectivity index (χ4n) is 1.51. The maximum Gasteiger partial charge on any atom is 0.246 e. The molecule has 0 radical (unpaired) electrons. The average molecular weight is 411 g/mol. The quantitative estimate of drug-likeness (QED) is 0.406. The lowest BCUT2D eigenvalue weighted by molar-refractivity contribution is 0.0683. The minimum atomic E-state index is -0.157. The van der Waals surface area contributed by atoms with Gasteiger partial charge in [0.05, 0.1) is 6.54 Å². The highest BCUT2D eigenvalue weighted by Crippen LogP contribution is 2.12. The highest BCUT2D eigenvalue weighted by molar-refractivity contribution is 14.0. The first-order valence-corrected chi connectivity index (χ1v) is 6.95. The van der Waals surface area contributed by atoms with Gasteiger partial charge in [0.15, 0.2) is 11.8 Å². The van der Waals surface area contributed by atoms with Crippen molar-refractivity contribution >= 4 is 29.9 Å². The van der Waals surface area contributed by atoms with Gasteiger partial charge in [-0.15, -0.1) is 24.0 Å². The number of rotatable bonds is 7. The van der Waals surface area contributed by atoms with E-state index in [0.717, 1.165) is 12.5 Å². The number of hydrogen-bond donors (Lipinski definition) is 2. The van der Waals surface area contributed by atoms with Gasteiger partial charge in [0.25, 0.3) is 0 Å². The van der Waals surface area contributed by atoms with Crippen LogP contribution in [0.5, 0.6) is 0 Å². The van der Waals surface area contributed by atoms with Gasteiger partial charge in [0.1, 0.15) is 6.10 Å². The number of aromatic nitrogens is 2. The molecule has 1 aromatic heterocycles. The maximum atomic E-state index is 5.41. The zero-order chi connectivity index (χ0) is 15.0. The molecule has 21 heavy (non-hydrogen) atoms. The number of ether oxygens (including phenoxy) is 1. The summed E-state index contributed by atoms with van der Waals surface area (Å²) in [5.74, 6) is 2.35. The van der Waals surface area contributed by atoms with Crippen molar-refractivity contribution in [2.45, 2.75) is 40.3 Å². The fourth-order valence-corrected chi connectivity index (χ4v) is 1.51. The van der Waals surface area contributed by atoms with Gasteiger partial charge in [0, 0.05) is 20.2 Å². The summed E-state index contributed by atoms with van der Waals surface area (Å²) in [4.78, 5) is 8.41. The Kier molecular flexibility index (Phi) is 10.3. The van der Waals surface area contributed by atoms with Crippen molar-refractivity contribution in [3.05, 3.63) is 11.7 Å². The number of halogens is 1. The summed E-state index contributed by atoms with van der Waals surface area (Å²) in [5, 5.41) is 10.2. The molecule has 1 atom stereocenters. The Labute approximate surface area is 143 Å². The van der Waals surface area contributed by atoms with Crippen molar-refractivity contribution in [2.24, 2.45) is 10.9 Å². The van der Waals surface area contributed by atoms with Crippen molar-refractivity contribution in [2.75, 3.05) is 20.2 Å². The van der Waals surface area contributed by atoms with E-state index in [1.54, 1.807) is 7.05 Å². The molecule has 0 spiro atoms. The molecule has 7 nitrogen and oxygen atoms in total. The van der Waals surface area contributed by atoms with Gasteiger partial charge in [-0.25, -0.2) is 0 Å². The van der Waals surface area contributed by atoms with Crippen LogP contribution in [0, 0.1) is 5.92 Å². The predicted octanol–water partition coefficient (Wildman–Crippen LogP) is 2.11. The lowest BCUT2D eigenvalue weighted by Crippen LogP contribution is -2.38. The van der Waals surface area contributed by atoms with Crippen LogP contribution in [-0.4, -0.2) is 36.3 Å². The largest absolute Gasteiger partial charge is 0.371 e. The zero-order valence-electron chi connectivity index (χ0n) is 13.3. The molecule has 1 unspecified atom stereocenters. The molecular formula is C13H26IN5O2. The molecule has 0 aliphatic heterocycles. The number of nitrogens with zero attached hydrogens (tertiary/aromatic N) is 3. The van der Waals surface area contributed by atoms with Gasteiger partial charge in [-0.2, -0.15) is 4.98 Å².